The Morgan fingerprint density at radius 1 is 1.11 bits per heavy atom. The average Bonchev–Trinajstić information content (AvgIpc) is 2.84. The van der Waals surface area contributed by atoms with E-state index in [0.29, 0.717) is 0 Å². The molecule has 0 aliphatic carbocycles. The third-order valence-corrected chi connectivity index (χ3v) is 3.78. The fourth-order valence-electron chi connectivity index (χ4n) is 2.05. The van der Waals surface area contributed by atoms with E-state index in [1.807, 2.05) is 48.9 Å². The van der Waals surface area contributed by atoms with Gasteiger partial charge in [-0.3, -0.25) is 4.98 Å². The van der Waals surface area contributed by atoms with Crippen molar-refractivity contribution in [3.63, 3.8) is 0 Å². The molecule has 0 fully saturated rings. The molecule has 18 heavy (non-hydrogen) atoms. The third-order valence-electron chi connectivity index (χ3n) is 2.96. The minimum Gasteiger partial charge on any atom is -0.464 e. The zero-order chi connectivity index (χ0) is 12.4. The molecule has 3 aromatic rings. The van der Waals surface area contributed by atoms with Crippen molar-refractivity contribution in [2.75, 3.05) is 0 Å². The monoisotopic (exact) mass is 301 g/mol. The number of benzene rings is 1. The first-order valence-corrected chi connectivity index (χ1v) is 6.76. The van der Waals surface area contributed by atoms with Crippen LogP contribution in [0, 0.1) is 0 Å². The SMILES string of the molecule is BrC(Cc1ccccn1)c1coc2ccccc12. The van der Waals surface area contributed by atoms with E-state index in [0.717, 1.165) is 23.1 Å². The van der Waals surface area contributed by atoms with Crippen molar-refractivity contribution in [2.24, 2.45) is 0 Å². The van der Waals surface area contributed by atoms with Gasteiger partial charge in [-0.25, -0.2) is 0 Å². The van der Waals surface area contributed by atoms with Crippen LogP contribution in [-0.2, 0) is 6.42 Å². The summed E-state index contributed by atoms with van der Waals surface area (Å²) in [6, 6.07) is 14.1. The average molecular weight is 302 g/mol. The van der Waals surface area contributed by atoms with Crippen LogP contribution in [0.2, 0.25) is 0 Å². The number of furan rings is 1. The van der Waals surface area contributed by atoms with Crippen LogP contribution >= 0.6 is 15.9 Å². The van der Waals surface area contributed by atoms with E-state index >= 15 is 0 Å². The quantitative estimate of drug-likeness (QED) is 0.665. The van der Waals surface area contributed by atoms with Gasteiger partial charge < -0.3 is 4.42 Å². The minimum absolute atomic E-state index is 0.219. The Morgan fingerprint density at radius 2 is 1.94 bits per heavy atom. The lowest BCUT2D eigenvalue weighted by Gasteiger charge is -2.07. The molecule has 0 radical (unpaired) electrons. The summed E-state index contributed by atoms with van der Waals surface area (Å²) in [5.74, 6) is 0. The Hall–Kier alpha value is -1.61. The van der Waals surface area contributed by atoms with Gasteiger partial charge in [0.2, 0.25) is 0 Å². The summed E-state index contributed by atoms with van der Waals surface area (Å²) in [6.07, 6.45) is 4.50. The molecule has 0 N–H and O–H groups in total. The Balaban J connectivity index is 1.90. The lowest BCUT2D eigenvalue weighted by Crippen LogP contribution is -1.96. The van der Waals surface area contributed by atoms with Gasteiger partial charge in [0.15, 0.2) is 0 Å². The van der Waals surface area contributed by atoms with E-state index in [1.54, 1.807) is 0 Å². The molecule has 0 bridgehead atoms. The van der Waals surface area contributed by atoms with Crippen LogP contribution in [0.3, 0.4) is 0 Å². The fraction of sp³-hybridized carbons (Fsp3) is 0.133. The summed E-state index contributed by atoms with van der Waals surface area (Å²) in [5, 5.41) is 1.16. The van der Waals surface area contributed by atoms with Gasteiger partial charge in [0.05, 0.1) is 6.26 Å². The van der Waals surface area contributed by atoms with Crippen LogP contribution < -0.4 is 0 Å². The van der Waals surface area contributed by atoms with Crippen LogP contribution in [0.1, 0.15) is 16.1 Å². The van der Waals surface area contributed by atoms with Crippen LogP contribution in [-0.4, -0.2) is 4.98 Å². The van der Waals surface area contributed by atoms with Gasteiger partial charge in [-0.2, -0.15) is 0 Å². The van der Waals surface area contributed by atoms with E-state index < -0.39 is 0 Å². The summed E-state index contributed by atoms with van der Waals surface area (Å²) in [5.41, 5.74) is 3.18. The predicted molar refractivity (Wildman–Crippen MR) is 75.8 cm³/mol. The molecular weight excluding hydrogens is 290 g/mol. The van der Waals surface area contributed by atoms with E-state index in [9.17, 15) is 0 Å². The summed E-state index contributed by atoms with van der Waals surface area (Å²) >= 11 is 3.72. The van der Waals surface area contributed by atoms with E-state index in [2.05, 4.69) is 27.0 Å². The minimum atomic E-state index is 0.219. The van der Waals surface area contributed by atoms with Crippen molar-refractivity contribution >= 4 is 26.9 Å². The third kappa shape index (κ3) is 2.18. The molecule has 0 saturated heterocycles. The van der Waals surface area contributed by atoms with Crippen LogP contribution in [0.15, 0.2) is 59.3 Å². The number of pyridine rings is 1. The van der Waals surface area contributed by atoms with Gasteiger partial charge >= 0.3 is 0 Å². The molecule has 0 saturated carbocycles. The maximum atomic E-state index is 5.56. The van der Waals surface area contributed by atoms with Gasteiger partial charge in [-0.05, 0) is 18.2 Å². The number of para-hydroxylation sites is 1. The zero-order valence-corrected chi connectivity index (χ0v) is 11.3. The normalized spacial score (nSPS) is 12.7. The smallest absolute Gasteiger partial charge is 0.134 e. The summed E-state index contributed by atoms with van der Waals surface area (Å²) in [6.45, 7) is 0. The molecule has 2 heterocycles. The van der Waals surface area contributed by atoms with Crippen molar-refractivity contribution in [1.29, 1.82) is 0 Å². The molecule has 1 unspecified atom stereocenters. The maximum absolute atomic E-state index is 5.56. The second kappa shape index (κ2) is 4.94. The van der Waals surface area contributed by atoms with Crippen LogP contribution in [0.25, 0.3) is 11.0 Å². The fourth-order valence-corrected chi connectivity index (χ4v) is 2.74. The highest BCUT2D eigenvalue weighted by atomic mass is 79.9. The number of alkyl halides is 1. The molecule has 0 aliphatic rings. The molecule has 3 rings (SSSR count). The van der Waals surface area contributed by atoms with E-state index in [4.69, 9.17) is 4.42 Å². The van der Waals surface area contributed by atoms with Gasteiger partial charge in [0, 0.05) is 34.1 Å². The Labute approximate surface area is 114 Å². The Morgan fingerprint density at radius 3 is 2.78 bits per heavy atom. The van der Waals surface area contributed by atoms with E-state index in [1.165, 1.54) is 5.56 Å². The largest absolute Gasteiger partial charge is 0.464 e. The molecule has 0 aliphatic heterocycles. The molecule has 2 nitrogen and oxygen atoms in total. The van der Waals surface area contributed by atoms with Crippen molar-refractivity contribution in [3.05, 3.63) is 66.2 Å². The maximum Gasteiger partial charge on any atom is 0.134 e. The highest BCUT2D eigenvalue weighted by molar-refractivity contribution is 9.09. The first-order valence-electron chi connectivity index (χ1n) is 5.85. The number of rotatable bonds is 3. The Kier molecular flexibility index (Phi) is 3.15. The number of hydrogen-bond acceptors (Lipinski definition) is 2. The van der Waals surface area contributed by atoms with Gasteiger partial charge in [-0.1, -0.05) is 40.2 Å². The molecule has 3 heteroatoms. The van der Waals surface area contributed by atoms with Gasteiger partial charge in [-0.15, -0.1) is 0 Å². The van der Waals surface area contributed by atoms with Crippen molar-refractivity contribution < 1.29 is 4.42 Å². The number of nitrogens with zero attached hydrogens (tertiary/aromatic N) is 1. The number of hydrogen-bond donors (Lipinski definition) is 0. The zero-order valence-electron chi connectivity index (χ0n) is 9.71. The molecule has 1 atom stereocenters. The van der Waals surface area contributed by atoms with Crippen LogP contribution in [0.4, 0.5) is 0 Å². The van der Waals surface area contributed by atoms with Crippen LogP contribution in [0.5, 0.6) is 0 Å². The molecule has 1 aromatic carbocycles. The topological polar surface area (TPSA) is 26.0 Å². The predicted octanol–water partition coefficient (Wildman–Crippen LogP) is 4.51. The second-order valence-corrected chi connectivity index (χ2v) is 5.29. The molecule has 90 valence electrons. The lowest BCUT2D eigenvalue weighted by atomic mass is 10.1. The second-order valence-electron chi connectivity index (χ2n) is 4.18. The van der Waals surface area contributed by atoms with E-state index in [-0.39, 0.29) is 4.83 Å². The first-order chi connectivity index (χ1) is 8.84. The standard InChI is InChI=1S/C15H12BrNO/c16-14(9-11-5-3-4-8-17-11)13-10-18-15-7-2-1-6-12(13)15/h1-8,10,14H,9H2. The van der Waals surface area contributed by atoms with Gasteiger partial charge in [0.25, 0.3) is 0 Å². The van der Waals surface area contributed by atoms with Crippen molar-refractivity contribution in [2.45, 2.75) is 11.2 Å². The molecular formula is C15H12BrNO. The summed E-state index contributed by atoms with van der Waals surface area (Å²) < 4.78 is 5.56. The molecule has 0 amide bonds. The van der Waals surface area contributed by atoms with Crippen molar-refractivity contribution in [1.82, 2.24) is 4.98 Å². The highest BCUT2D eigenvalue weighted by Gasteiger charge is 2.14. The van der Waals surface area contributed by atoms with Gasteiger partial charge in [0.1, 0.15) is 5.58 Å². The lowest BCUT2D eigenvalue weighted by molar-refractivity contribution is 0.609. The highest BCUT2D eigenvalue weighted by Crippen LogP contribution is 2.33. The molecule has 0 spiro atoms. The number of fused-ring (bicyclic) bond motifs is 1. The number of halogens is 1. The molecule has 2 aromatic heterocycles. The Bertz CT molecular complexity index is 648. The first kappa shape index (κ1) is 11.5. The summed E-state index contributed by atoms with van der Waals surface area (Å²) in [7, 11) is 0. The number of aromatic nitrogens is 1. The van der Waals surface area contributed by atoms with Crippen molar-refractivity contribution in [3.8, 4) is 0 Å². The summed E-state index contributed by atoms with van der Waals surface area (Å²) in [4.78, 5) is 4.57.